The summed E-state index contributed by atoms with van der Waals surface area (Å²) in [6.45, 7) is -0.539. The third-order valence-electron chi connectivity index (χ3n) is 6.73. The minimum absolute atomic E-state index is 0.0924. The zero-order chi connectivity index (χ0) is 24.7. The molecule has 2 aromatic rings. The first-order valence-electron chi connectivity index (χ1n) is 11.2. The van der Waals surface area contributed by atoms with Crippen molar-refractivity contribution in [3.05, 3.63) is 71.8 Å². The molecule has 0 aromatic heterocycles. The molecule has 9 nitrogen and oxygen atoms in total. The topological polar surface area (TPSA) is 119 Å². The summed E-state index contributed by atoms with van der Waals surface area (Å²) < 4.78 is 9.73. The van der Waals surface area contributed by atoms with Crippen LogP contribution in [0.2, 0.25) is 0 Å². The van der Waals surface area contributed by atoms with Gasteiger partial charge in [0, 0.05) is 5.69 Å². The molecule has 178 valence electrons. The van der Waals surface area contributed by atoms with Crippen molar-refractivity contribution in [2.24, 2.45) is 23.7 Å². The molecule has 0 unspecified atom stereocenters. The lowest BCUT2D eigenvalue weighted by Crippen LogP contribution is -2.33. The summed E-state index contributed by atoms with van der Waals surface area (Å²) in [7, 11) is 1.27. The summed E-state index contributed by atoms with van der Waals surface area (Å²) in [5.74, 6) is -2.78. The number of allylic oxidation sites excluding steroid dienone is 2. The number of benzene rings is 2. The molecule has 1 aliphatic heterocycles. The molecule has 1 saturated heterocycles. The lowest BCUT2D eigenvalue weighted by Gasteiger charge is -2.18. The molecular weight excluding hydrogens is 452 g/mol. The van der Waals surface area contributed by atoms with Crippen LogP contribution in [-0.2, 0) is 23.9 Å². The second-order valence-corrected chi connectivity index (χ2v) is 8.76. The van der Waals surface area contributed by atoms with E-state index in [9.17, 15) is 24.0 Å². The van der Waals surface area contributed by atoms with E-state index in [0.717, 1.165) is 6.42 Å². The highest BCUT2D eigenvalue weighted by atomic mass is 16.5. The Balaban J connectivity index is 1.20. The van der Waals surface area contributed by atoms with Crippen LogP contribution in [0.15, 0.2) is 60.7 Å². The quantitative estimate of drug-likeness (QED) is 0.388. The number of carbonyl (C=O) groups is 5. The third-order valence-corrected chi connectivity index (χ3v) is 6.73. The minimum Gasteiger partial charge on any atom is -0.465 e. The van der Waals surface area contributed by atoms with E-state index in [2.05, 4.69) is 10.1 Å². The number of nitrogens with zero attached hydrogens (tertiary/aromatic N) is 1. The molecule has 1 N–H and O–H groups in total. The molecule has 0 radical (unpaired) electrons. The Labute approximate surface area is 200 Å². The number of anilines is 2. The first-order chi connectivity index (χ1) is 16.9. The Hall–Kier alpha value is -4.27. The molecule has 2 bridgehead atoms. The molecule has 4 atom stereocenters. The number of amides is 3. The van der Waals surface area contributed by atoms with Crippen molar-refractivity contribution in [2.75, 3.05) is 23.9 Å². The highest BCUT2D eigenvalue weighted by molar-refractivity contribution is 6.23. The van der Waals surface area contributed by atoms with Gasteiger partial charge in [-0.15, -0.1) is 0 Å². The molecule has 2 aromatic carbocycles. The summed E-state index contributed by atoms with van der Waals surface area (Å²) in [4.78, 5) is 63.4. The summed E-state index contributed by atoms with van der Waals surface area (Å²) in [6, 6.07) is 12.1. The predicted octanol–water partition coefficient (Wildman–Crippen LogP) is 2.58. The van der Waals surface area contributed by atoms with E-state index in [-0.39, 0.29) is 41.0 Å². The van der Waals surface area contributed by atoms with E-state index >= 15 is 0 Å². The van der Waals surface area contributed by atoms with Crippen molar-refractivity contribution in [1.29, 1.82) is 0 Å². The number of ether oxygens (including phenoxy) is 2. The molecule has 1 heterocycles. The summed E-state index contributed by atoms with van der Waals surface area (Å²) in [6.07, 6.45) is 4.88. The standard InChI is InChI=1S/C26H22N2O7/c1-34-25(32)14-7-9-18(10-8-14)27-20(29)13-35-26(33)17-3-2-4-19(12-17)28-23(30)21-15-5-6-16(11-15)22(21)24(28)31/h2-10,12,15-16,21-22H,11,13H2,1H3,(H,27,29)/t15-,16-,21-,22+/m0/s1. The number of esters is 2. The van der Waals surface area contributed by atoms with Crippen LogP contribution in [0.1, 0.15) is 27.1 Å². The Kier molecular flexibility index (Phi) is 5.68. The maximum absolute atomic E-state index is 13.0. The van der Waals surface area contributed by atoms with E-state index < -0.39 is 24.5 Å². The number of imide groups is 1. The molecule has 9 heteroatoms. The van der Waals surface area contributed by atoms with Gasteiger partial charge in [0.2, 0.25) is 11.8 Å². The average Bonchev–Trinajstić information content (AvgIpc) is 3.56. The highest BCUT2D eigenvalue weighted by Crippen LogP contribution is 2.53. The van der Waals surface area contributed by atoms with Gasteiger partial charge >= 0.3 is 11.9 Å². The van der Waals surface area contributed by atoms with Crippen molar-refractivity contribution in [3.8, 4) is 0 Å². The monoisotopic (exact) mass is 474 g/mol. The molecule has 5 rings (SSSR count). The van der Waals surface area contributed by atoms with Crippen LogP contribution in [0.5, 0.6) is 0 Å². The number of methoxy groups -OCH3 is 1. The molecule has 3 amide bonds. The summed E-state index contributed by atoms with van der Waals surface area (Å²) in [5, 5.41) is 2.57. The van der Waals surface area contributed by atoms with E-state index in [4.69, 9.17) is 4.74 Å². The number of nitrogens with one attached hydrogen (secondary N) is 1. The maximum Gasteiger partial charge on any atom is 0.338 e. The Bertz CT molecular complexity index is 1240. The number of hydrogen-bond acceptors (Lipinski definition) is 7. The van der Waals surface area contributed by atoms with Crippen molar-refractivity contribution < 1.29 is 33.4 Å². The smallest absolute Gasteiger partial charge is 0.338 e. The van der Waals surface area contributed by atoms with Gasteiger partial charge in [0.1, 0.15) is 0 Å². The highest BCUT2D eigenvalue weighted by Gasteiger charge is 2.59. The van der Waals surface area contributed by atoms with Crippen LogP contribution in [-0.4, -0.2) is 43.4 Å². The van der Waals surface area contributed by atoms with Crippen LogP contribution < -0.4 is 10.2 Å². The summed E-state index contributed by atoms with van der Waals surface area (Å²) >= 11 is 0. The first-order valence-corrected chi connectivity index (χ1v) is 11.2. The third kappa shape index (κ3) is 3.99. The maximum atomic E-state index is 13.0. The lowest BCUT2D eigenvalue weighted by atomic mass is 9.85. The van der Waals surface area contributed by atoms with Gasteiger partial charge < -0.3 is 14.8 Å². The number of rotatable bonds is 6. The number of carbonyl (C=O) groups excluding carboxylic acids is 5. The molecule has 1 saturated carbocycles. The molecule has 2 fully saturated rings. The normalized spacial score (nSPS) is 23.9. The van der Waals surface area contributed by atoms with Crippen LogP contribution >= 0.6 is 0 Å². The number of hydrogen-bond donors (Lipinski definition) is 1. The Morgan fingerprint density at radius 3 is 2.20 bits per heavy atom. The molecule has 3 aliphatic rings. The van der Waals surface area contributed by atoms with E-state index in [0.29, 0.717) is 16.9 Å². The SMILES string of the molecule is COC(=O)c1ccc(NC(=O)COC(=O)c2cccc(N3C(=O)[C@@H]4[C@H](C3=O)[C@H]3C=C[C@H]4C3)c2)cc1. The molecular formula is C26H22N2O7. The summed E-state index contributed by atoms with van der Waals surface area (Å²) in [5.41, 5.74) is 1.19. The van der Waals surface area contributed by atoms with E-state index in [1.54, 1.807) is 12.1 Å². The fourth-order valence-electron chi connectivity index (χ4n) is 5.15. The zero-order valence-electron chi connectivity index (χ0n) is 18.8. The fraction of sp³-hybridized carbons (Fsp3) is 0.269. The van der Waals surface area contributed by atoms with Crippen LogP contribution in [0, 0.1) is 23.7 Å². The van der Waals surface area contributed by atoms with Crippen LogP contribution in [0.4, 0.5) is 11.4 Å². The molecule has 35 heavy (non-hydrogen) atoms. The predicted molar refractivity (Wildman–Crippen MR) is 123 cm³/mol. The van der Waals surface area contributed by atoms with E-state index in [1.165, 1.54) is 48.4 Å². The van der Waals surface area contributed by atoms with Crippen LogP contribution in [0.3, 0.4) is 0 Å². The minimum atomic E-state index is -0.760. The van der Waals surface area contributed by atoms with Gasteiger partial charge in [-0.05, 0) is 60.7 Å². The van der Waals surface area contributed by atoms with Gasteiger partial charge in [-0.1, -0.05) is 18.2 Å². The van der Waals surface area contributed by atoms with Crippen molar-refractivity contribution in [2.45, 2.75) is 6.42 Å². The first kappa shape index (κ1) is 22.5. The van der Waals surface area contributed by atoms with Crippen molar-refractivity contribution in [1.82, 2.24) is 0 Å². The molecule has 0 spiro atoms. The second-order valence-electron chi connectivity index (χ2n) is 8.76. The Morgan fingerprint density at radius 1 is 0.914 bits per heavy atom. The zero-order valence-corrected chi connectivity index (χ0v) is 18.8. The lowest BCUT2D eigenvalue weighted by molar-refractivity contribution is -0.123. The fourth-order valence-corrected chi connectivity index (χ4v) is 5.15. The van der Waals surface area contributed by atoms with E-state index in [1.807, 2.05) is 12.2 Å². The van der Waals surface area contributed by atoms with Gasteiger partial charge in [0.25, 0.3) is 5.91 Å². The average molecular weight is 474 g/mol. The van der Waals surface area contributed by atoms with Gasteiger partial charge in [0.15, 0.2) is 6.61 Å². The largest absolute Gasteiger partial charge is 0.465 e. The van der Waals surface area contributed by atoms with Crippen LogP contribution in [0.25, 0.3) is 0 Å². The van der Waals surface area contributed by atoms with Gasteiger partial charge in [-0.25, -0.2) is 14.5 Å². The van der Waals surface area contributed by atoms with Gasteiger partial charge in [-0.2, -0.15) is 0 Å². The second kappa shape index (κ2) is 8.83. The number of fused-ring (bicyclic) bond motifs is 5. The Morgan fingerprint density at radius 2 is 1.57 bits per heavy atom. The van der Waals surface area contributed by atoms with Gasteiger partial charge in [0.05, 0.1) is 35.8 Å². The van der Waals surface area contributed by atoms with Gasteiger partial charge in [-0.3, -0.25) is 14.4 Å². The molecule has 2 aliphatic carbocycles. The van der Waals surface area contributed by atoms with Crippen molar-refractivity contribution in [3.63, 3.8) is 0 Å². The van der Waals surface area contributed by atoms with Crippen molar-refractivity contribution >= 4 is 41.0 Å².